The van der Waals surface area contributed by atoms with E-state index in [4.69, 9.17) is 0 Å². The molecule has 0 saturated carbocycles. The molecule has 2 N–H and O–H groups in total. The number of carbonyl (C=O) groups excluding carboxylic acids is 2. The number of hydrogen-bond acceptors (Lipinski definition) is 6. The second kappa shape index (κ2) is 9.29. The Morgan fingerprint density at radius 2 is 1.84 bits per heavy atom. The summed E-state index contributed by atoms with van der Waals surface area (Å²) in [6.45, 7) is 3.71. The molecule has 2 amide bonds. The number of pyridine rings is 1. The number of carbonyl (C=O) groups is 2. The van der Waals surface area contributed by atoms with Crippen molar-refractivity contribution < 1.29 is 36.4 Å². The summed E-state index contributed by atoms with van der Waals surface area (Å²) in [5.74, 6) is -8.64. The van der Waals surface area contributed by atoms with Gasteiger partial charge in [-0.15, -0.1) is 5.10 Å². The van der Waals surface area contributed by atoms with Crippen LogP contribution in [0.4, 0.5) is 27.8 Å². The maximum absolute atomic E-state index is 14.3. The zero-order valence-corrected chi connectivity index (χ0v) is 16.5. The summed E-state index contributed by atoms with van der Waals surface area (Å²) in [5.41, 5.74) is 1.46. The molecule has 0 radical (unpaired) electrons. The van der Waals surface area contributed by atoms with E-state index in [0.717, 1.165) is 19.1 Å². The van der Waals surface area contributed by atoms with Gasteiger partial charge in [0.05, 0.1) is 0 Å². The Kier molecular flexibility index (Phi) is 7.21. The van der Waals surface area contributed by atoms with Crippen LogP contribution in [0, 0.1) is 6.92 Å². The van der Waals surface area contributed by atoms with E-state index in [9.17, 15) is 31.5 Å². The number of alkyl halides is 5. The third-order valence-electron chi connectivity index (χ3n) is 4.08. The Hall–Kier alpha value is -3.22. The predicted octanol–water partition coefficient (Wildman–Crippen LogP) is 3.17. The Balaban J connectivity index is 2.37. The molecule has 2 heterocycles. The Morgan fingerprint density at radius 3 is 2.39 bits per heavy atom. The molecule has 31 heavy (non-hydrogen) atoms. The molecule has 168 valence electrons. The van der Waals surface area contributed by atoms with Crippen LogP contribution >= 0.6 is 0 Å². The van der Waals surface area contributed by atoms with E-state index in [2.05, 4.69) is 25.3 Å². The van der Waals surface area contributed by atoms with Gasteiger partial charge in [0.1, 0.15) is 5.82 Å². The molecular formula is C18H18F5N5O3. The minimum Gasteiger partial charge on any atom is -0.311 e. The largest absolute Gasteiger partial charge is 0.456 e. The average molecular weight is 447 g/mol. The van der Waals surface area contributed by atoms with Crippen LogP contribution in [0.25, 0.3) is 0 Å². The summed E-state index contributed by atoms with van der Waals surface area (Å²) in [7, 11) is 0. The number of hydrogen-bond donors (Lipinski definition) is 2. The van der Waals surface area contributed by atoms with Crippen LogP contribution in [0.3, 0.4) is 0 Å². The van der Waals surface area contributed by atoms with Crippen molar-refractivity contribution in [1.82, 2.24) is 20.7 Å². The van der Waals surface area contributed by atoms with Crippen LogP contribution in [0.5, 0.6) is 0 Å². The second-order valence-electron chi connectivity index (χ2n) is 6.60. The van der Waals surface area contributed by atoms with Crippen molar-refractivity contribution in [3.05, 3.63) is 47.4 Å². The van der Waals surface area contributed by atoms with Crippen molar-refractivity contribution in [2.75, 3.05) is 5.32 Å². The first-order valence-electron chi connectivity index (χ1n) is 8.77. The van der Waals surface area contributed by atoms with E-state index in [0.29, 0.717) is 0 Å². The van der Waals surface area contributed by atoms with Gasteiger partial charge in [0.2, 0.25) is 5.91 Å². The fraction of sp³-hybridized carbons (Fsp3) is 0.389. The molecule has 0 saturated heterocycles. The number of nitrogens with one attached hydrogen (secondary N) is 2. The van der Waals surface area contributed by atoms with Crippen molar-refractivity contribution in [2.45, 2.75) is 44.9 Å². The molecule has 0 aliphatic carbocycles. The molecule has 2 rings (SSSR count). The molecule has 2 atom stereocenters. The lowest BCUT2D eigenvalue weighted by Crippen LogP contribution is -2.53. The molecule has 8 nitrogen and oxygen atoms in total. The van der Waals surface area contributed by atoms with Gasteiger partial charge in [-0.25, -0.2) is 10.5 Å². The molecule has 0 aliphatic heterocycles. The van der Waals surface area contributed by atoms with E-state index in [1.54, 1.807) is 5.48 Å². The Morgan fingerprint density at radius 1 is 1.16 bits per heavy atom. The third-order valence-corrected chi connectivity index (χ3v) is 4.08. The summed E-state index contributed by atoms with van der Waals surface area (Å²) in [6, 6.07) is 4.89. The average Bonchev–Trinajstić information content (AvgIpc) is 2.66. The normalized spacial score (nSPS) is 13.9. The zero-order valence-electron chi connectivity index (χ0n) is 16.5. The van der Waals surface area contributed by atoms with Gasteiger partial charge in [0.25, 0.3) is 5.91 Å². The Labute approximate surface area is 173 Å². The maximum Gasteiger partial charge on any atom is 0.456 e. The summed E-state index contributed by atoms with van der Waals surface area (Å²) in [5, 5.41) is 9.17. The van der Waals surface area contributed by atoms with Gasteiger partial charge >= 0.3 is 12.1 Å². The quantitative estimate of drug-likeness (QED) is 0.499. The molecule has 0 aromatic carbocycles. The minimum absolute atomic E-state index is 0.0288. The van der Waals surface area contributed by atoms with E-state index in [1.165, 1.54) is 32.2 Å². The maximum atomic E-state index is 14.3. The fourth-order valence-electron chi connectivity index (χ4n) is 2.62. The van der Waals surface area contributed by atoms with Crippen LogP contribution in [0.15, 0.2) is 30.5 Å². The second-order valence-corrected chi connectivity index (χ2v) is 6.60. The van der Waals surface area contributed by atoms with E-state index in [1.807, 2.05) is 0 Å². The number of aromatic nitrogens is 3. The number of amides is 2. The first kappa shape index (κ1) is 24.1. The van der Waals surface area contributed by atoms with Crippen molar-refractivity contribution in [1.29, 1.82) is 0 Å². The first-order chi connectivity index (χ1) is 14.3. The minimum atomic E-state index is -5.97. The van der Waals surface area contributed by atoms with E-state index < -0.39 is 35.9 Å². The van der Waals surface area contributed by atoms with Gasteiger partial charge in [0.15, 0.2) is 11.8 Å². The number of aryl methyl sites for hydroxylation is 1. The lowest BCUT2D eigenvalue weighted by molar-refractivity contribution is -0.326. The first-order valence-corrected chi connectivity index (χ1v) is 8.77. The van der Waals surface area contributed by atoms with Gasteiger partial charge in [-0.1, -0.05) is 6.92 Å². The van der Waals surface area contributed by atoms with Gasteiger partial charge in [-0.05, 0) is 36.8 Å². The van der Waals surface area contributed by atoms with Crippen molar-refractivity contribution in [2.24, 2.45) is 0 Å². The van der Waals surface area contributed by atoms with Crippen LogP contribution in [0.2, 0.25) is 0 Å². The third kappa shape index (κ3) is 5.90. The highest BCUT2D eigenvalue weighted by Crippen LogP contribution is 2.44. The van der Waals surface area contributed by atoms with Gasteiger partial charge in [-0.2, -0.15) is 27.1 Å². The Bertz CT molecular complexity index is 940. The van der Waals surface area contributed by atoms with Crippen molar-refractivity contribution in [3.8, 4) is 0 Å². The van der Waals surface area contributed by atoms with Gasteiger partial charge in [0, 0.05) is 24.7 Å². The number of hydroxylamine groups is 1. The summed E-state index contributed by atoms with van der Waals surface area (Å²) in [4.78, 5) is 31.8. The summed E-state index contributed by atoms with van der Waals surface area (Å²) < 4.78 is 67.9. The highest BCUT2D eigenvalue weighted by molar-refractivity contribution is 5.91. The lowest BCUT2D eigenvalue weighted by Gasteiger charge is -2.32. The molecule has 2 unspecified atom stereocenters. The molecule has 2 aromatic rings. The molecule has 0 aliphatic rings. The molecule has 13 heteroatoms. The smallest absolute Gasteiger partial charge is 0.311 e. The predicted molar refractivity (Wildman–Crippen MR) is 97.1 cm³/mol. The number of rotatable bonds is 7. The monoisotopic (exact) mass is 447 g/mol. The molecule has 0 fully saturated rings. The van der Waals surface area contributed by atoms with Gasteiger partial charge in [-0.3, -0.25) is 14.4 Å². The zero-order chi connectivity index (χ0) is 23.4. The van der Waals surface area contributed by atoms with Crippen LogP contribution in [0.1, 0.15) is 41.5 Å². The van der Waals surface area contributed by atoms with Crippen molar-refractivity contribution in [3.63, 3.8) is 0 Å². The number of anilines is 1. The number of nitrogens with zero attached hydrogens (tertiary/aromatic N) is 3. The van der Waals surface area contributed by atoms with Crippen LogP contribution in [-0.4, -0.2) is 45.2 Å². The molecule has 2 aromatic heterocycles. The van der Waals surface area contributed by atoms with E-state index >= 15 is 0 Å². The van der Waals surface area contributed by atoms with Crippen LogP contribution in [-0.2, 0) is 9.63 Å². The standard InChI is InChI=1S/C18H18F5N5O3/c1-9-7-12(8-14(25-9)26-11(3)29)10(2)15(17(19,20)18(21,22)23)31-28-16(30)13-5-4-6-24-27-13/h4-8,10,15H,1-3H3,(H,28,30)(H,25,26,29). The highest BCUT2D eigenvalue weighted by atomic mass is 19.4. The number of halogens is 5. The summed E-state index contributed by atoms with van der Waals surface area (Å²) >= 11 is 0. The molecule has 0 spiro atoms. The highest BCUT2D eigenvalue weighted by Gasteiger charge is 2.65. The van der Waals surface area contributed by atoms with E-state index in [-0.39, 0.29) is 22.8 Å². The topological polar surface area (TPSA) is 106 Å². The lowest BCUT2D eigenvalue weighted by atomic mass is 9.91. The van der Waals surface area contributed by atoms with Crippen molar-refractivity contribution >= 4 is 17.6 Å². The summed E-state index contributed by atoms with van der Waals surface area (Å²) in [6.07, 6.45) is -7.58. The van der Waals surface area contributed by atoms with Gasteiger partial charge < -0.3 is 5.32 Å². The van der Waals surface area contributed by atoms with Crippen LogP contribution < -0.4 is 10.8 Å². The SMILES string of the molecule is CC(=O)Nc1cc(C(C)C(ONC(=O)c2cccnn2)C(F)(F)C(F)(F)F)cc(C)n1. The molecule has 0 bridgehead atoms. The fourth-order valence-corrected chi connectivity index (χ4v) is 2.62. The molecular weight excluding hydrogens is 429 g/mol.